The fourth-order valence-electron chi connectivity index (χ4n) is 3.33. The van der Waals surface area contributed by atoms with Gasteiger partial charge in [-0.05, 0) is 30.7 Å². The van der Waals surface area contributed by atoms with Crippen LogP contribution in [0.2, 0.25) is 0 Å². The maximum Gasteiger partial charge on any atom is 0.127 e. The Morgan fingerprint density at radius 1 is 1.21 bits per heavy atom. The maximum absolute atomic E-state index is 13.8. The lowest BCUT2D eigenvalue weighted by atomic mass is 9.75. The molecule has 2 rings (SSSR count). The molecule has 0 radical (unpaired) electrons. The summed E-state index contributed by atoms with van der Waals surface area (Å²) in [5.74, 6) is 1.18. The highest BCUT2D eigenvalue weighted by Gasteiger charge is 2.27. The Kier molecular flexibility index (Phi) is 5.38. The van der Waals surface area contributed by atoms with Crippen LogP contribution in [0.3, 0.4) is 0 Å². The molecule has 0 heterocycles. The summed E-state index contributed by atoms with van der Waals surface area (Å²) in [7, 11) is 0. The van der Waals surface area contributed by atoms with Crippen LogP contribution in [-0.2, 0) is 0 Å². The number of hydrogen-bond donors (Lipinski definition) is 1. The van der Waals surface area contributed by atoms with Crippen LogP contribution in [-0.4, -0.2) is 0 Å². The van der Waals surface area contributed by atoms with Crippen molar-refractivity contribution in [2.45, 2.75) is 57.9 Å². The largest absolute Gasteiger partial charge is 0.324 e. The number of halogens is 1. The minimum atomic E-state index is -0.150. The van der Waals surface area contributed by atoms with Crippen molar-refractivity contribution in [3.63, 3.8) is 0 Å². The second-order valence-electron chi connectivity index (χ2n) is 5.97. The monoisotopic (exact) mass is 263 g/mol. The Morgan fingerprint density at radius 3 is 2.53 bits per heavy atom. The Labute approximate surface area is 116 Å². The first kappa shape index (κ1) is 14.5. The zero-order valence-electron chi connectivity index (χ0n) is 11.9. The van der Waals surface area contributed by atoms with Crippen LogP contribution >= 0.6 is 0 Å². The Hall–Kier alpha value is -0.890. The average molecular weight is 263 g/mol. The molecule has 0 spiro atoms. The molecule has 1 aromatic rings. The van der Waals surface area contributed by atoms with E-state index in [1.807, 2.05) is 12.1 Å². The molecule has 1 saturated carbocycles. The molecule has 106 valence electrons. The summed E-state index contributed by atoms with van der Waals surface area (Å²) in [5.41, 5.74) is 6.97. The first-order chi connectivity index (χ1) is 9.22. The molecule has 19 heavy (non-hydrogen) atoms. The van der Waals surface area contributed by atoms with Crippen molar-refractivity contribution >= 4 is 0 Å². The highest BCUT2D eigenvalue weighted by molar-refractivity contribution is 5.21. The predicted octanol–water partition coefficient (Wildman–Crippen LogP) is 4.82. The summed E-state index contributed by atoms with van der Waals surface area (Å²) in [5, 5.41) is 0. The molecule has 1 aliphatic rings. The van der Waals surface area contributed by atoms with E-state index in [-0.39, 0.29) is 11.9 Å². The number of rotatable bonds is 5. The van der Waals surface area contributed by atoms with Crippen LogP contribution in [0.25, 0.3) is 0 Å². The van der Waals surface area contributed by atoms with Crippen molar-refractivity contribution in [3.05, 3.63) is 35.6 Å². The Balaban J connectivity index is 1.89. The fourth-order valence-corrected chi connectivity index (χ4v) is 3.33. The topological polar surface area (TPSA) is 26.0 Å². The van der Waals surface area contributed by atoms with Gasteiger partial charge in [-0.3, -0.25) is 0 Å². The van der Waals surface area contributed by atoms with Crippen molar-refractivity contribution in [2.75, 3.05) is 0 Å². The van der Waals surface area contributed by atoms with Crippen LogP contribution in [0.5, 0.6) is 0 Å². The lowest BCUT2D eigenvalue weighted by Gasteiger charge is -2.32. The standard InChI is InChI=1S/C17H26FN/c1-2-3-6-13-9-11-14(12-10-13)17(19)15-7-4-5-8-16(15)18/h4-5,7-8,13-14,17H,2-3,6,9-12,19H2,1H3. The zero-order valence-corrected chi connectivity index (χ0v) is 11.9. The van der Waals surface area contributed by atoms with E-state index in [0.717, 1.165) is 18.8 Å². The highest BCUT2D eigenvalue weighted by Crippen LogP contribution is 2.37. The van der Waals surface area contributed by atoms with Gasteiger partial charge in [0.25, 0.3) is 0 Å². The number of unbranched alkanes of at least 4 members (excludes halogenated alkanes) is 1. The van der Waals surface area contributed by atoms with E-state index in [2.05, 4.69) is 6.92 Å². The van der Waals surface area contributed by atoms with Gasteiger partial charge in [0.15, 0.2) is 0 Å². The van der Waals surface area contributed by atoms with Crippen molar-refractivity contribution in [1.82, 2.24) is 0 Å². The van der Waals surface area contributed by atoms with Gasteiger partial charge in [0.1, 0.15) is 5.82 Å². The smallest absolute Gasteiger partial charge is 0.127 e. The maximum atomic E-state index is 13.8. The van der Waals surface area contributed by atoms with Crippen molar-refractivity contribution in [2.24, 2.45) is 17.6 Å². The number of hydrogen-bond acceptors (Lipinski definition) is 1. The molecular weight excluding hydrogens is 237 g/mol. The van der Waals surface area contributed by atoms with Gasteiger partial charge in [0, 0.05) is 11.6 Å². The van der Waals surface area contributed by atoms with Gasteiger partial charge in [-0.2, -0.15) is 0 Å². The van der Waals surface area contributed by atoms with Crippen molar-refractivity contribution < 1.29 is 4.39 Å². The van der Waals surface area contributed by atoms with E-state index >= 15 is 0 Å². The molecular formula is C17H26FN. The second-order valence-corrected chi connectivity index (χ2v) is 5.97. The molecule has 1 fully saturated rings. The molecule has 1 nitrogen and oxygen atoms in total. The molecule has 1 unspecified atom stereocenters. The average Bonchev–Trinajstić information content (AvgIpc) is 2.45. The van der Waals surface area contributed by atoms with E-state index in [9.17, 15) is 4.39 Å². The molecule has 0 aromatic heterocycles. The quantitative estimate of drug-likeness (QED) is 0.809. The van der Waals surface area contributed by atoms with E-state index in [0.29, 0.717) is 11.5 Å². The van der Waals surface area contributed by atoms with Gasteiger partial charge in [-0.1, -0.05) is 57.2 Å². The summed E-state index contributed by atoms with van der Waals surface area (Å²) < 4.78 is 13.8. The minimum Gasteiger partial charge on any atom is -0.324 e. The first-order valence-corrected chi connectivity index (χ1v) is 7.72. The summed E-state index contributed by atoms with van der Waals surface area (Å²) in [6.45, 7) is 2.25. The molecule has 1 atom stereocenters. The normalized spacial score (nSPS) is 25.2. The molecule has 1 aromatic carbocycles. The third-order valence-electron chi connectivity index (χ3n) is 4.63. The molecule has 0 bridgehead atoms. The second kappa shape index (κ2) is 7.04. The van der Waals surface area contributed by atoms with E-state index < -0.39 is 0 Å². The van der Waals surface area contributed by atoms with Crippen LogP contribution in [0.4, 0.5) is 4.39 Å². The summed E-state index contributed by atoms with van der Waals surface area (Å²) in [6, 6.07) is 6.83. The van der Waals surface area contributed by atoms with Crippen LogP contribution in [0, 0.1) is 17.7 Å². The fraction of sp³-hybridized carbons (Fsp3) is 0.647. The lowest BCUT2D eigenvalue weighted by molar-refractivity contribution is 0.230. The Morgan fingerprint density at radius 2 is 1.89 bits per heavy atom. The van der Waals surface area contributed by atoms with Crippen LogP contribution in [0.15, 0.2) is 24.3 Å². The van der Waals surface area contributed by atoms with Crippen molar-refractivity contribution in [1.29, 1.82) is 0 Å². The molecule has 2 heteroatoms. The number of nitrogens with two attached hydrogens (primary N) is 1. The van der Waals surface area contributed by atoms with Gasteiger partial charge in [-0.15, -0.1) is 0 Å². The summed E-state index contributed by atoms with van der Waals surface area (Å²) in [4.78, 5) is 0. The third-order valence-corrected chi connectivity index (χ3v) is 4.63. The minimum absolute atomic E-state index is 0.131. The summed E-state index contributed by atoms with van der Waals surface area (Å²) in [6.07, 6.45) is 8.84. The molecule has 2 N–H and O–H groups in total. The first-order valence-electron chi connectivity index (χ1n) is 7.72. The number of benzene rings is 1. The SMILES string of the molecule is CCCCC1CCC(C(N)c2ccccc2F)CC1. The molecule has 0 saturated heterocycles. The highest BCUT2D eigenvalue weighted by atomic mass is 19.1. The van der Waals surface area contributed by atoms with E-state index in [4.69, 9.17) is 5.73 Å². The van der Waals surface area contributed by atoms with Gasteiger partial charge in [-0.25, -0.2) is 4.39 Å². The van der Waals surface area contributed by atoms with Gasteiger partial charge >= 0.3 is 0 Å². The van der Waals surface area contributed by atoms with E-state index in [1.54, 1.807) is 6.07 Å². The predicted molar refractivity (Wildman–Crippen MR) is 78.3 cm³/mol. The molecule has 0 amide bonds. The molecule has 1 aliphatic carbocycles. The molecule has 0 aliphatic heterocycles. The lowest BCUT2D eigenvalue weighted by Crippen LogP contribution is -2.26. The zero-order chi connectivity index (χ0) is 13.7. The van der Waals surface area contributed by atoms with Crippen LogP contribution < -0.4 is 5.73 Å². The van der Waals surface area contributed by atoms with E-state index in [1.165, 1.54) is 38.2 Å². The van der Waals surface area contributed by atoms with Crippen LogP contribution in [0.1, 0.15) is 63.5 Å². The summed E-state index contributed by atoms with van der Waals surface area (Å²) >= 11 is 0. The third kappa shape index (κ3) is 3.79. The van der Waals surface area contributed by atoms with Gasteiger partial charge in [0.2, 0.25) is 0 Å². The Bertz CT molecular complexity index is 383. The van der Waals surface area contributed by atoms with Gasteiger partial charge in [0.05, 0.1) is 0 Å². The van der Waals surface area contributed by atoms with Crippen molar-refractivity contribution in [3.8, 4) is 0 Å². The van der Waals surface area contributed by atoms with Gasteiger partial charge < -0.3 is 5.73 Å².